The molecule has 0 unspecified atom stereocenters. The summed E-state index contributed by atoms with van der Waals surface area (Å²) in [7, 11) is 0. The molecule has 6 heteroatoms. The highest BCUT2D eigenvalue weighted by atomic mass is 16.2. The molecule has 1 aliphatic heterocycles. The Morgan fingerprint density at radius 2 is 1.82 bits per heavy atom. The molecule has 2 rings (SSSR count). The molecular formula is C16H29N5O. The fraction of sp³-hybridized carbons (Fsp3) is 0.750. The van der Waals surface area contributed by atoms with Crippen LogP contribution in [0.1, 0.15) is 26.6 Å². The van der Waals surface area contributed by atoms with Gasteiger partial charge in [0.15, 0.2) is 0 Å². The van der Waals surface area contributed by atoms with E-state index in [0.717, 1.165) is 45.1 Å². The first-order valence-electron chi connectivity index (χ1n) is 8.07. The lowest BCUT2D eigenvalue weighted by Gasteiger charge is -2.35. The molecule has 0 aliphatic carbocycles. The van der Waals surface area contributed by atoms with Crippen LogP contribution in [0.3, 0.4) is 0 Å². The molecule has 0 spiro atoms. The summed E-state index contributed by atoms with van der Waals surface area (Å²) < 4.78 is 2.18. The van der Waals surface area contributed by atoms with E-state index >= 15 is 0 Å². The van der Waals surface area contributed by atoms with Crippen LogP contribution in [0.4, 0.5) is 0 Å². The Hall–Kier alpha value is -1.40. The van der Waals surface area contributed by atoms with Crippen LogP contribution in [0, 0.1) is 6.92 Å². The van der Waals surface area contributed by atoms with E-state index in [1.165, 1.54) is 0 Å². The summed E-state index contributed by atoms with van der Waals surface area (Å²) in [6, 6.07) is 0. The molecule has 1 saturated heterocycles. The van der Waals surface area contributed by atoms with Gasteiger partial charge in [-0.05, 0) is 27.7 Å². The van der Waals surface area contributed by atoms with E-state index in [4.69, 9.17) is 0 Å². The number of aromatic nitrogens is 2. The molecule has 124 valence electrons. The molecule has 1 amide bonds. The lowest BCUT2D eigenvalue weighted by molar-refractivity contribution is -0.124. The van der Waals surface area contributed by atoms with Crippen molar-refractivity contribution in [2.75, 3.05) is 39.3 Å². The smallest absolute Gasteiger partial charge is 0.234 e. The standard InChI is InChI=1S/C16H29N5O/c1-14-17-5-6-21(14)12-11-19-7-9-20(10-8-19)13-15(22)18-16(2,3)4/h5-6H,7-13H2,1-4H3,(H,18,22). The Morgan fingerprint density at radius 3 is 2.36 bits per heavy atom. The molecule has 0 saturated carbocycles. The van der Waals surface area contributed by atoms with Crippen LogP contribution in [0.5, 0.6) is 0 Å². The third-order valence-corrected chi connectivity index (χ3v) is 3.93. The summed E-state index contributed by atoms with van der Waals surface area (Å²) >= 11 is 0. The zero-order valence-corrected chi connectivity index (χ0v) is 14.3. The Morgan fingerprint density at radius 1 is 1.18 bits per heavy atom. The van der Waals surface area contributed by atoms with Gasteiger partial charge in [0.1, 0.15) is 5.82 Å². The number of aryl methyl sites for hydroxylation is 1. The topological polar surface area (TPSA) is 53.4 Å². The van der Waals surface area contributed by atoms with Crippen molar-refractivity contribution in [3.05, 3.63) is 18.2 Å². The third kappa shape index (κ3) is 5.42. The van der Waals surface area contributed by atoms with Crippen LogP contribution in [-0.4, -0.2) is 70.1 Å². The maximum atomic E-state index is 12.0. The SMILES string of the molecule is Cc1nccn1CCN1CCN(CC(=O)NC(C)(C)C)CC1. The van der Waals surface area contributed by atoms with Gasteiger partial charge in [0, 0.05) is 57.2 Å². The van der Waals surface area contributed by atoms with Gasteiger partial charge in [-0.1, -0.05) is 0 Å². The van der Waals surface area contributed by atoms with Gasteiger partial charge in [0.25, 0.3) is 0 Å². The van der Waals surface area contributed by atoms with Crippen LogP contribution in [0.15, 0.2) is 12.4 Å². The largest absolute Gasteiger partial charge is 0.350 e. The maximum absolute atomic E-state index is 12.0. The molecular weight excluding hydrogens is 278 g/mol. The first-order valence-corrected chi connectivity index (χ1v) is 8.07. The van der Waals surface area contributed by atoms with E-state index in [-0.39, 0.29) is 11.4 Å². The molecule has 1 aliphatic rings. The summed E-state index contributed by atoms with van der Waals surface area (Å²) in [5, 5.41) is 3.02. The minimum Gasteiger partial charge on any atom is -0.350 e. The number of carbonyl (C=O) groups excluding carboxylic acids is 1. The Balaban J connectivity index is 1.67. The Kier molecular flexibility index (Phi) is 5.58. The molecule has 1 aromatic heterocycles. The zero-order valence-electron chi connectivity index (χ0n) is 14.3. The van der Waals surface area contributed by atoms with Crippen molar-refractivity contribution < 1.29 is 4.79 Å². The number of carbonyl (C=O) groups is 1. The number of amides is 1. The molecule has 0 aromatic carbocycles. The number of piperazine rings is 1. The highest BCUT2D eigenvalue weighted by Gasteiger charge is 2.20. The minimum absolute atomic E-state index is 0.120. The average Bonchev–Trinajstić information content (AvgIpc) is 2.81. The molecule has 0 bridgehead atoms. The Labute approximate surface area is 133 Å². The number of nitrogens with one attached hydrogen (secondary N) is 1. The van der Waals surface area contributed by atoms with E-state index < -0.39 is 0 Å². The molecule has 0 radical (unpaired) electrons. The first kappa shape index (κ1) is 17.0. The molecule has 6 nitrogen and oxygen atoms in total. The lowest BCUT2D eigenvalue weighted by atomic mass is 10.1. The fourth-order valence-corrected chi connectivity index (χ4v) is 2.72. The van der Waals surface area contributed by atoms with Gasteiger partial charge in [0.05, 0.1) is 6.54 Å². The van der Waals surface area contributed by atoms with Crippen molar-refractivity contribution >= 4 is 5.91 Å². The monoisotopic (exact) mass is 307 g/mol. The fourth-order valence-electron chi connectivity index (χ4n) is 2.72. The van der Waals surface area contributed by atoms with E-state index in [1.807, 2.05) is 40.1 Å². The van der Waals surface area contributed by atoms with Crippen molar-refractivity contribution in [3.63, 3.8) is 0 Å². The number of imidazole rings is 1. The number of hydrogen-bond donors (Lipinski definition) is 1. The van der Waals surface area contributed by atoms with Gasteiger partial charge < -0.3 is 9.88 Å². The molecule has 22 heavy (non-hydrogen) atoms. The van der Waals surface area contributed by atoms with Crippen molar-refractivity contribution in [2.24, 2.45) is 0 Å². The predicted molar refractivity (Wildman–Crippen MR) is 87.7 cm³/mol. The highest BCUT2D eigenvalue weighted by Crippen LogP contribution is 2.04. The second-order valence-electron chi connectivity index (χ2n) is 7.08. The van der Waals surface area contributed by atoms with Gasteiger partial charge in [-0.3, -0.25) is 14.6 Å². The summed E-state index contributed by atoms with van der Waals surface area (Å²) in [4.78, 5) is 20.9. The van der Waals surface area contributed by atoms with E-state index in [9.17, 15) is 4.79 Å². The van der Waals surface area contributed by atoms with Crippen LogP contribution in [0.2, 0.25) is 0 Å². The summed E-state index contributed by atoms with van der Waals surface area (Å²) in [6.07, 6.45) is 3.88. The Bertz CT molecular complexity index is 483. The number of hydrogen-bond acceptors (Lipinski definition) is 4. The number of nitrogens with zero attached hydrogens (tertiary/aromatic N) is 4. The zero-order chi connectivity index (χ0) is 16.2. The van der Waals surface area contributed by atoms with Gasteiger partial charge in [-0.15, -0.1) is 0 Å². The summed E-state index contributed by atoms with van der Waals surface area (Å²) in [5.41, 5.74) is -0.151. The highest BCUT2D eigenvalue weighted by molar-refractivity contribution is 5.78. The molecule has 2 heterocycles. The van der Waals surface area contributed by atoms with Crippen molar-refractivity contribution in [1.29, 1.82) is 0 Å². The minimum atomic E-state index is -0.151. The van der Waals surface area contributed by atoms with E-state index in [1.54, 1.807) is 0 Å². The van der Waals surface area contributed by atoms with Crippen LogP contribution in [0.25, 0.3) is 0 Å². The van der Waals surface area contributed by atoms with Gasteiger partial charge >= 0.3 is 0 Å². The van der Waals surface area contributed by atoms with Crippen LogP contribution >= 0.6 is 0 Å². The van der Waals surface area contributed by atoms with E-state index in [0.29, 0.717) is 6.54 Å². The van der Waals surface area contributed by atoms with E-state index in [2.05, 4.69) is 24.7 Å². The maximum Gasteiger partial charge on any atom is 0.234 e. The number of rotatable bonds is 5. The van der Waals surface area contributed by atoms with Gasteiger partial charge in [-0.25, -0.2) is 4.98 Å². The summed E-state index contributed by atoms with van der Waals surface area (Å²) in [5.74, 6) is 1.19. The predicted octanol–water partition coefficient (Wildman–Crippen LogP) is 0.724. The molecule has 1 fully saturated rings. The van der Waals surface area contributed by atoms with Crippen molar-refractivity contribution in [1.82, 2.24) is 24.7 Å². The van der Waals surface area contributed by atoms with Gasteiger partial charge in [0.2, 0.25) is 5.91 Å². The molecule has 1 aromatic rings. The first-order chi connectivity index (χ1) is 10.3. The van der Waals surface area contributed by atoms with Crippen LogP contribution < -0.4 is 5.32 Å². The summed E-state index contributed by atoms with van der Waals surface area (Å²) in [6.45, 7) is 14.6. The average molecular weight is 307 g/mol. The molecule has 0 atom stereocenters. The van der Waals surface area contributed by atoms with Crippen molar-refractivity contribution in [2.45, 2.75) is 39.8 Å². The second-order valence-corrected chi connectivity index (χ2v) is 7.08. The quantitative estimate of drug-likeness (QED) is 0.871. The second kappa shape index (κ2) is 7.24. The van der Waals surface area contributed by atoms with Crippen LogP contribution in [-0.2, 0) is 11.3 Å². The molecule has 1 N–H and O–H groups in total. The normalized spacial score (nSPS) is 17.6. The third-order valence-electron chi connectivity index (χ3n) is 3.93. The van der Waals surface area contributed by atoms with Crippen molar-refractivity contribution in [3.8, 4) is 0 Å². The van der Waals surface area contributed by atoms with Gasteiger partial charge in [-0.2, -0.15) is 0 Å². The lowest BCUT2D eigenvalue weighted by Crippen LogP contribution is -2.52.